The number of amides is 1. The van der Waals surface area contributed by atoms with Crippen LogP contribution in [0, 0.1) is 10.1 Å². The van der Waals surface area contributed by atoms with Gasteiger partial charge >= 0.3 is 0 Å². The fourth-order valence-electron chi connectivity index (χ4n) is 2.57. The molecule has 0 aliphatic heterocycles. The minimum absolute atomic E-state index is 0.0510. The Morgan fingerprint density at radius 1 is 1.32 bits per heavy atom. The van der Waals surface area contributed by atoms with Gasteiger partial charge in [-0.15, -0.1) is 0 Å². The number of aromatic hydroxyl groups is 1. The van der Waals surface area contributed by atoms with E-state index in [0.717, 1.165) is 0 Å². The molecule has 2 aromatic rings. The van der Waals surface area contributed by atoms with E-state index in [9.17, 15) is 20.0 Å². The zero-order valence-electron chi connectivity index (χ0n) is 14.2. The number of hydrogen-bond acceptors (Lipinski definition) is 4. The van der Waals surface area contributed by atoms with E-state index >= 15 is 0 Å². The van der Waals surface area contributed by atoms with Crippen molar-refractivity contribution in [2.45, 2.75) is 33.1 Å². The zero-order valence-corrected chi connectivity index (χ0v) is 14.9. The van der Waals surface area contributed by atoms with Gasteiger partial charge in [0.25, 0.3) is 11.6 Å². The molecule has 0 radical (unpaired) electrons. The predicted molar refractivity (Wildman–Crippen MR) is 97.6 cm³/mol. The smallest absolute Gasteiger partial charge is 0.271 e. The lowest BCUT2D eigenvalue weighted by molar-refractivity contribution is -0.384. The number of nitro groups is 1. The Balaban J connectivity index is 2.41. The van der Waals surface area contributed by atoms with Crippen molar-refractivity contribution in [1.29, 1.82) is 0 Å². The second-order valence-electron chi connectivity index (χ2n) is 5.92. The summed E-state index contributed by atoms with van der Waals surface area (Å²) in [6, 6.07) is 7.43. The van der Waals surface area contributed by atoms with Crippen LogP contribution in [0.4, 0.5) is 11.4 Å². The average Bonchev–Trinajstić information content (AvgIpc) is 2.55. The number of phenolic OH excluding ortho intramolecular Hbond substituents is 1. The molecule has 0 spiro atoms. The molecule has 0 saturated heterocycles. The maximum atomic E-state index is 12.7. The molecule has 25 heavy (non-hydrogen) atoms. The lowest BCUT2D eigenvalue weighted by Crippen LogP contribution is -2.15. The van der Waals surface area contributed by atoms with Crippen LogP contribution < -0.4 is 5.32 Å². The van der Waals surface area contributed by atoms with Crippen molar-refractivity contribution in [3.63, 3.8) is 0 Å². The second-order valence-corrected chi connectivity index (χ2v) is 6.33. The van der Waals surface area contributed by atoms with E-state index in [-0.39, 0.29) is 33.6 Å². The minimum atomic E-state index is -0.565. The number of nitrogens with zero attached hydrogens (tertiary/aromatic N) is 1. The molecule has 0 aromatic heterocycles. The fraction of sp³-hybridized carbons (Fsp3) is 0.278. The van der Waals surface area contributed by atoms with Gasteiger partial charge in [-0.05, 0) is 29.5 Å². The standard InChI is InChI=1S/C18H19ClN2O4/c1-4-11-5-7-13(10(2)3)17(22)16(11)18(23)20-15-8-6-12(21(24)25)9-14(15)19/h5-10,22H,4H2,1-3H3,(H,20,23). The highest BCUT2D eigenvalue weighted by Gasteiger charge is 2.21. The first-order valence-electron chi connectivity index (χ1n) is 7.86. The minimum Gasteiger partial charge on any atom is -0.507 e. The summed E-state index contributed by atoms with van der Waals surface area (Å²) in [6.07, 6.45) is 0.572. The molecule has 0 saturated carbocycles. The number of aryl methyl sites for hydroxylation is 1. The SMILES string of the molecule is CCc1ccc(C(C)C)c(O)c1C(=O)Nc1ccc([N+](=O)[O-])cc1Cl. The number of carbonyl (C=O) groups excluding carboxylic acids is 1. The molecule has 0 aliphatic rings. The Hall–Kier alpha value is -2.60. The highest BCUT2D eigenvalue weighted by atomic mass is 35.5. The van der Waals surface area contributed by atoms with Gasteiger partial charge < -0.3 is 10.4 Å². The third-order valence-electron chi connectivity index (χ3n) is 3.94. The summed E-state index contributed by atoms with van der Waals surface area (Å²) in [5.74, 6) is -0.502. The average molecular weight is 363 g/mol. The molecule has 2 rings (SSSR count). The van der Waals surface area contributed by atoms with Crippen LogP contribution in [0.25, 0.3) is 0 Å². The summed E-state index contributed by atoms with van der Waals surface area (Å²) in [7, 11) is 0. The normalized spacial score (nSPS) is 10.8. The van der Waals surface area contributed by atoms with Gasteiger partial charge in [0.1, 0.15) is 5.75 Å². The molecule has 1 amide bonds. The molecule has 7 heteroatoms. The van der Waals surface area contributed by atoms with E-state index in [4.69, 9.17) is 11.6 Å². The Morgan fingerprint density at radius 3 is 2.52 bits per heavy atom. The van der Waals surface area contributed by atoms with E-state index in [0.29, 0.717) is 17.5 Å². The number of non-ortho nitro benzene ring substituents is 1. The lowest BCUT2D eigenvalue weighted by atomic mass is 9.94. The fourth-order valence-corrected chi connectivity index (χ4v) is 2.79. The van der Waals surface area contributed by atoms with Gasteiger partial charge in [0.2, 0.25) is 0 Å². The molecule has 0 aliphatic carbocycles. The van der Waals surface area contributed by atoms with Crippen molar-refractivity contribution in [3.05, 3.63) is 62.2 Å². The van der Waals surface area contributed by atoms with Crippen LogP contribution >= 0.6 is 11.6 Å². The zero-order chi connectivity index (χ0) is 18.7. The van der Waals surface area contributed by atoms with Crippen LogP contribution in [0.3, 0.4) is 0 Å². The quantitative estimate of drug-likeness (QED) is 0.584. The molecule has 0 unspecified atom stereocenters. The maximum Gasteiger partial charge on any atom is 0.271 e. The van der Waals surface area contributed by atoms with Crippen molar-refractivity contribution in [3.8, 4) is 5.75 Å². The first-order valence-corrected chi connectivity index (χ1v) is 8.24. The van der Waals surface area contributed by atoms with Gasteiger partial charge in [0, 0.05) is 12.1 Å². The number of phenols is 1. The van der Waals surface area contributed by atoms with Crippen molar-refractivity contribution in [1.82, 2.24) is 0 Å². The predicted octanol–water partition coefficient (Wildman–Crippen LogP) is 4.89. The molecular formula is C18H19ClN2O4. The van der Waals surface area contributed by atoms with Gasteiger partial charge in [-0.3, -0.25) is 14.9 Å². The molecule has 0 heterocycles. The summed E-state index contributed by atoms with van der Waals surface area (Å²) < 4.78 is 0. The summed E-state index contributed by atoms with van der Waals surface area (Å²) in [4.78, 5) is 22.9. The first-order chi connectivity index (χ1) is 11.8. The van der Waals surface area contributed by atoms with E-state index in [1.165, 1.54) is 18.2 Å². The van der Waals surface area contributed by atoms with Crippen LogP contribution in [-0.2, 0) is 6.42 Å². The monoisotopic (exact) mass is 362 g/mol. The van der Waals surface area contributed by atoms with Crippen LogP contribution in [0.5, 0.6) is 5.75 Å². The molecule has 6 nitrogen and oxygen atoms in total. The molecular weight excluding hydrogens is 344 g/mol. The van der Waals surface area contributed by atoms with Crippen LogP contribution in [0.15, 0.2) is 30.3 Å². The molecule has 0 atom stereocenters. The van der Waals surface area contributed by atoms with Crippen LogP contribution in [-0.4, -0.2) is 15.9 Å². The van der Waals surface area contributed by atoms with Gasteiger partial charge in [0.15, 0.2) is 0 Å². The summed E-state index contributed by atoms with van der Waals surface area (Å²) in [6.45, 7) is 5.74. The van der Waals surface area contributed by atoms with Crippen LogP contribution in [0.2, 0.25) is 5.02 Å². The van der Waals surface area contributed by atoms with Gasteiger partial charge in [-0.1, -0.05) is 44.5 Å². The first kappa shape index (κ1) is 18.7. The van der Waals surface area contributed by atoms with Crippen molar-refractivity contribution >= 4 is 28.9 Å². The van der Waals surface area contributed by atoms with E-state index in [1.54, 1.807) is 0 Å². The van der Waals surface area contributed by atoms with E-state index in [1.807, 2.05) is 32.9 Å². The van der Waals surface area contributed by atoms with Crippen molar-refractivity contribution in [2.24, 2.45) is 0 Å². The number of carbonyl (C=O) groups is 1. The third-order valence-corrected chi connectivity index (χ3v) is 4.25. The highest BCUT2D eigenvalue weighted by molar-refractivity contribution is 6.34. The molecule has 0 fully saturated rings. The number of rotatable bonds is 5. The number of benzene rings is 2. The maximum absolute atomic E-state index is 12.7. The Kier molecular flexibility index (Phi) is 5.64. The summed E-state index contributed by atoms with van der Waals surface area (Å²) in [5, 5.41) is 24.0. The Labute approximate surface area is 150 Å². The number of nitro benzene ring substituents is 1. The molecule has 132 valence electrons. The van der Waals surface area contributed by atoms with Gasteiger partial charge in [-0.2, -0.15) is 0 Å². The number of halogens is 1. The van der Waals surface area contributed by atoms with Crippen molar-refractivity contribution in [2.75, 3.05) is 5.32 Å². The lowest BCUT2D eigenvalue weighted by Gasteiger charge is -2.16. The number of hydrogen-bond donors (Lipinski definition) is 2. The van der Waals surface area contributed by atoms with Crippen molar-refractivity contribution < 1.29 is 14.8 Å². The molecule has 2 aromatic carbocycles. The van der Waals surface area contributed by atoms with Crippen LogP contribution in [0.1, 0.15) is 48.2 Å². The molecule has 0 bridgehead atoms. The summed E-state index contributed by atoms with van der Waals surface area (Å²) >= 11 is 6.02. The van der Waals surface area contributed by atoms with E-state index < -0.39 is 10.8 Å². The van der Waals surface area contributed by atoms with Gasteiger partial charge in [0.05, 0.1) is 21.2 Å². The third kappa shape index (κ3) is 3.91. The Bertz CT molecular complexity index is 834. The van der Waals surface area contributed by atoms with Gasteiger partial charge in [-0.25, -0.2) is 0 Å². The topological polar surface area (TPSA) is 92.5 Å². The number of anilines is 1. The molecule has 2 N–H and O–H groups in total. The number of nitrogens with one attached hydrogen (secondary N) is 1. The second kappa shape index (κ2) is 7.53. The highest BCUT2D eigenvalue weighted by Crippen LogP contribution is 2.33. The largest absolute Gasteiger partial charge is 0.507 e. The van der Waals surface area contributed by atoms with E-state index in [2.05, 4.69) is 5.32 Å². The summed E-state index contributed by atoms with van der Waals surface area (Å²) in [5.41, 5.74) is 1.66. The Morgan fingerprint density at radius 2 is 2.00 bits per heavy atom.